The first kappa shape index (κ1) is 7.82. The highest BCUT2D eigenvalue weighted by Gasteiger charge is 2.07. The van der Waals surface area contributed by atoms with E-state index >= 15 is 0 Å². The highest BCUT2D eigenvalue weighted by atomic mass is 19.3. The van der Waals surface area contributed by atoms with Crippen molar-refractivity contribution in [2.45, 2.75) is 32.2 Å². The molecule has 0 saturated heterocycles. The first-order valence-electron chi connectivity index (χ1n) is 2.70. The molecule has 0 spiro atoms. The Morgan fingerprint density at radius 3 is 2.12 bits per heavy atom. The third-order valence-electron chi connectivity index (χ3n) is 1.01. The summed E-state index contributed by atoms with van der Waals surface area (Å²) in [7, 11) is 0. The molecule has 8 heavy (non-hydrogen) atoms. The summed E-state index contributed by atoms with van der Waals surface area (Å²) in [4.78, 5) is 0. The van der Waals surface area contributed by atoms with Crippen LogP contribution in [0.25, 0.3) is 0 Å². The lowest BCUT2D eigenvalue weighted by molar-refractivity contribution is 0.127. The Kier molecular flexibility index (Phi) is 3.69. The molecule has 0 aliphatic rings. The van der Waals surface area contributed by atoms with E-state index in [0.29, 0.717) is 6.42 Å². The molecule has 0 aromatic rings. The van der Waals surface area contributed by atoms with Gasteiger partial charge in [0.15, 0.2) is 0 Å². The Labute approximate surface area is 47.9 Å². The molecule has 0 saturated carbocycles. The van der Waals surface area contributed by atoms with Crippen molar-refractivity contribution in [3.63, 3.8) is 0 Å². The molecule has 0 aliphatic carbocycles. The van der Waals surface area contributed by atoms with Crippen LogP contribution in [0.15, 0.2) is 0 Å². The van der Waals surface area contributed by atoms with E-state index in [1.165, 1.54) is 0 Å². The van der Waals surface area contributed by atoms with E-state index in [1.807, 2.05) is 0 Å². The van der Waals surface area contributed by atoms with Gasteiger partial charge in [-0.15, -0.1) is 0 Å². The molecular weight excluding hydrogens is 112 g/mol. The molecule has 0 aromatic heterocycles. The molecule has 0 rings (SSSR count). The molecule has 1 atom stereocenters. The molecule has 3 heteroatoms. The largest absolute Gasteiger partial charge is 0.328 e. The van der Waals surface area contributed by atoms with Gasteiger partial charge in [-0.2, -0.15) is 0 Å². The minimum absolute atomic E-state index is 0.170. The molecule has 0 aliphatic heterocycles. The smallest absolute Gasteiger partial charge is 0.240 e. The van der Waals surface area contributed by atoms with Gasteiger partial charge in [0.25, 0.3) is 0 Å². The van der Waals surface area contributed by atoms with Crippen molar-refractivity contribution in [1.82, 2.24) is 0 Å². The van der Waals surface area contributed by atoms with E-state index in [-0.39, 0.29) is 12.5 Å². The zero-order chi connectivity index (χ0) is 6.57. The van der Waals surface area contributed by atoms with Gasteiger partial charge in [-0.05, 0) is 6.42 Å². The van der Waals surface area contributed by atoms with Crippen LogP contribution in [0.1, 0.15) is 19.8 Å². The Balaban J connectivity index is 3.10. The van der Waals surface area contributed by atoms with Gasteiger partial charge in [0.2, 0.25) is 6.43 Å². The SMILES string of the molecule is CC[C@H](N)CC(F)F. The van der Waals surface area contributed by atoms with Crippen LogP contribution >= 0.6 is 0 Å². The fraction of sp³-hybridized carbons (Fsp3) is 1.00. The third-order valence-corrected chi connectivity index (χ3v) is 1.01. The molecule has 1 nitrogen and oxygen atoms in total. The molecule has 0 heterocycles. The second kappa shape index (κ2) is 3.78. The Morgan fingerprint density at radius 2 is 2.00 bits per heavy atom. The summed E-state index contributed by atoms with van der Waals surface area (Å²) in [6.45, 7) is 1.80. The maximum Gasteiger partial charge on any atom is 0.240 e. The molecule has 0 unspecified atom stereocenters. The fourth-order valence-electron chi connectivity index (χ4n) is 0.396. The van der Waals surface area contributed by atoms with Crippen LogP contribution in [-0.4, -0.2) is 12.5 Å². The minimum atomic E-state index is -2.25. The quantitative estimate of drug-likeness (QED) is 0.602. The lowest BCUT2D eigenvalue weighted by atomic mass is 10.2. The van der Waals surface area contributed by atoms with Crippen molar-refractivity contribution < 1.29 is 8.78 Å². The van der Waals surface area contributed by atoms with Crippen molar-refractivity contribution in [2.75, 3.05) is 0 Å². The van der Waals surface area contributed by atoms with E-state index in [0.717, 1.165) is 0 Å². The average Bonchev–Trinajstić information content (AvgIpc) is 1.65. The predicted molar refractivity (Wildman–Crippen MR) is 28.9 cm³/mol. The second-order valence-electron chi connectivity index (χ2n) is 1.80. The van der Waals surface area contributed by atoms with Gasteiger partial charge < -0.3 is 5.73 Å². The minimum Gasteiger partial charge on any atom is -0.328 e. The molecule has 50 valence electrons. The summed E-state index contributed by atoms with van der Waals surface area (Å²) in [5.74, 6) is 0. The standard InChI is InChI=1S/C5H11F2N/c1-2-4(8)3-5(6)7/h4-5H,2-3,8H2,1H3/t4-/m0/s1. The number of nitrogens with two attached hydrogens (primary N) is 1. The van der Waals surface area contributed by atoms with E-state index < -0.39 is 6.43 Å². The van der Waals surface area contributed by atoms with Crippen molar-refractivity contribution in [3.8, 4) is 0 Å². The fourth-order valence-corrected chi connectivity index (χ4v) is 0.396. The number of halogens is 2. The van der Waals surface area contributed by atoms with Crippen LogP contribution in [0.5, 0.6) is 0 Å². The molecule has 0 radical (unpaired) electrons. The van der Waals surface area contributed by atoms with Gasteiger partial charge in [0, 0.05) is 12.5 Å². The van der Waals surface area contributed by atoms with Crippen LogP contribution < -0.4 is 5.73 Å². The normalized spacial score (nSPS) is 14.6. The number of hydrogen-bond donors (Lipinski definition) is 1. The van der Waals surface area contributed by atoms with Gasteiger partial charge in [0.1, 0.15) is 0 Å². The summed E-state index contributed by atoms with van der Waals surface area (Å²) in [6.07, 6.45) is -1.79. The second-order valence-corrected chi connectivity index (χ2v) is 1.80. The van der Waals surface area contributed by atoms with Crippen molar-refractivity contribution in [2.24, 2.45) is 5.73 Å². The van der Waals surface area contributed by atoms with Gasteiger partial charge in [0.05, 0.1) is 0 Å². The summed E-state index contributed by atoms with van der Waals surface area (Å²) in [5, 5.41) is 0. The molecule has 0 aromatic carbocycles. The summed E-state index contributed by atoms with van der Waals surface area (Å²) in [6, 6.07) is -0.324. The highest BCUT2D eigenvalue weighted by molar-refractivity contribution is 4.58. The Hall–Kier alpha value is -0.180. The van der Waals surface area contributed by atoms with E-state index in [9.17, 15) is 8.78 Å². The van der Waals surface area contributed by atoms with E-state index in [2.05, 4.69) is 0 Å². The molecule has 0 bridgehead atoms. The Morgan fingerprint density at radius 1 is 1.50 bits per heavy atom. The van der Waals surface area contributed by atoms with Crippen LogP contribution in [-0.2, 0) is 0 Å². The van der Waals surface area contributed by atoms with Gasteiger partial charge in [-0.3, -0.25) is 0 Å². The highest BCUT2D eigenvalue weighted by Crippen LogP contribution is 2.03. The summed E-state index contributed by atoms with van der Waals surface area (Å²) < 4.78 is 22.8. The Bertz CT molecular complexity index is 56.4. The molecular formula is C5H11F2N. The summed E-state index contributed by atoms with van der Waals surface area (Å²) >= 11 is 0. The number of rotatable bonds is 3. The van der Waals surface area contributed by atoms with Crippen LogP contribution in [0, 0.1) is 0 Å². The summed E-state index contributed by atoms with van der Waals surface area (Å²) in [5.41, 5.74) is 5.19. The van der Waals surface area contributed by atoms with Crippen LogP contribution in [0.2, 0.25) is 0 Å². The average molecular weight is 123 g/mol. The monoisotopic (exact) mass is 123 g/mol. The molecule has 2 N–H and O–H groups in total. The lowest BCUT2D eigenvalue weighted by Gasteiger charge is -2.05. The first-order valence-corrected chi connectivity index (χ1v) is 2.70. The van der Waals surface area contributed by atoms with Crippen molar-refractivity contribution in [1.29, 1.82) is 0 Å². The lowest BCUT2D eigenvalue weighted by Crippen LogP contribution is -2.21. The zero-order valence-electron chi connectivity index (χ0n) is 4.90. The predicted octanol–water partition coefficient (Wildman–Crippen LogP) is 1.38. The molecule has 0 fully saturated rings. The maximum atomic E-state index is 11.4. The van der Waals surface area contributed by atoms with Crippen molar-refractivity contribution in [3.05, 3.63) is 0 Å². The molecule has 0 amide bonds. The topological polar surface area (TPSA) is 26.0 Å². The number of alkyl halides is 2. The van der Waals surface area contributed by atoms with Crippen molar-refractivity contribution >= 4 is 0 Å². The van der Waals surface area contributed by atoms with Gasteiger partial charge in [-0.1, -0.05) is 6.92 Å². The zero-order valence-corrected chi connectivity index (χ0v) is 4.90. The third kappa shape index (κ3) is 3.99. The van der Waals surface area contributed by atoms with Crippen LogP contribution in [0.3, 0.4) is 0 Å². The van der Waals surface area contributed by atoms with Crippen LogP contribution in [0.4, 0.5) is 8.78 Å². The van der Waals surface area contributed by atoms with Gasteiger partial charge >= 0.3 is 0 Å². The number of hydrogen-bond acceptors (Lipinski definition) is 1. The first-order chi connectivity index (χ1) is 3.66. The van der Waals surface area contributed by atoms with E-state index in [1.54, 1.807) is 6.92 Å². The maximum absolute atomic E-state index is 11.4. The van der Waals surface area contributed by atoms with E-state index in [4.69, 9.17) is 5.73 Å². The van der Waals surface area contributed by atoms with Gasteiger partial charge in [-0.25, -0.2) is 8.78 Å².